The molecule has 0 aliphatic rings. The molecule has 3 aromatic rings. The summed E-state index contributed by atoms with van der Waals surface area (Å²) in [7, 11) is 0. The SMILES string of the molecule is CCCc1cnc(NCc2cccc(Cl)c2)c2[nH]c(C)c(C)c12. The Balaban J connectivity index is 1.95. The van der Waals surface area contributed by atoms with Gasteiger partial charge in [-0.3, -0.25) is 0 Å². The number of benzene rings is 1. The molecule has 1 aromatic carbocycles. The van der Waals surface area contributed by atoms with E-state index in [1.165, 1.54) is 22.2 Å². The van der Waals surface area contributed by atoms with Crippen molar-refractivity contribution in [3.05, 3.63) is 57.9 Å². The summed E-state index contributed by atoms with van der Waals surface area (Å²) in [6.45, 7) is 7.19. The molecule has 2 N–H and O–H groups in total. The fourth-order valence-electron chi connectivity index (χ4n) is 2.99. The smallest absolute Gasteiger partial charge is 0.150 e. The highest BCUT2D eigenvalue weighted by Crippen LogP contribution is 2.30. The Hall–Kier alpha value is -2.00. The van der Waals surface area contributed by atoms with Gasteiger partial charge in [-0.2, -0.15) is 0 Å². The molecule has 0 radical (unpaired) electrons. The summed E-state index contributed by atoms with van der Waals surface area (Å²) in [5.74, 6) is 0.899. The minimum Gasteiger partial charge on any atom is -0.364 e. The van der Waals surface area contributed by atoms with E-state index in [0.717, 1.165) is 34.8 Å². The van der Waals surface area contributed by atoms with Gasteiger partial charge in [0.15, 0.2) is 5.82 Å². The predicted molar refractivity (Wildman–Crippen MR) is 98.3 cm³/mol. The molecular weight excluding hydrogens is 306 g/mol. The first-order valence-corrected chi connectivity index (χ1v) is 8.43. The summed E-state index contributed by atoms with van der Waals surface area (Å²) < 4.78 is 0. The van der Waals surface area contributed by atoms with E-state index in [2.05, 4.69) is 42.1 Å². The van der Waals surface area contributed by atoms with Gasteiger partial charge in [-0.1, -0.05) is 37.1 Å². The van der Waals surface area contributed by atoms with Crippen LogP contribution in [-0.2, 0) is 13.0 Å². The lowest BCUT2D eigenvalue weighted by molar-refractivity contribution is 0.922. The summed E-state index contributed by atoms with van der Waals surface area (Å²) in [5.41, 5.74) is 6.09. The summed E-state index contributed by atoms with van der Waals surface area (Å²) in [5, 5.41) is 5.51. The fraction of sp³-hybridized carbons (Fsp3) is 0.316. The normalized spacial score (nSPS) is 11.1. The number of anilines is 1. The predicted octanol–water partition coefficient (Wildman–Crippen LogP) is 5.40. The van der Waals surface area contributed by atoms with E-state index in [9.17, 15) is 0 Å². The molecule has 4 heteroatoms. The first-order valence-electron chi connectivity index (χ1n) is 8.05. The van der Waals surface area contributed by atoms with E-state index >= 15 is 0 Å². The first kappa shape index (κ1) is 15.9. The molecule has 0 bridgehead atoms. The summed E-state index contributed by atoms with van der Waals surface area (Å²) in [6.07, 6.45) is 4.18. The maximum atomic E-state index is 6.05. The van der Waals surface area contributed by atoms with Gasteiger partial charge in [0, 0.05) is 28.8 Å². The first-order chi connectivity index (χ1) is 11.1. The van der Waals surface area contributed by atoms with Crippen molar-refractivity contribution in [3.63, 3.8) is 0 Å². The van der Waals surface area contributed by atoms with Crippen molar-refractivity contribution in [1.29, 1.82) is 0 Å². The van der Waals surface area contributed by atoms with E-state index in [0.29, 0.717) is 6.54 Å². The molecule has 0 fully saturated rings. The number of hydrogen-bond acceptors (Lipinski definition) is 2. The number of aromatic nitrogens is 2. The minimum atomic E-state index is 0.701. The zero-order chi connectivity index (χ0) is 16.4. The number of fused-ring (bicyclic) bond motifs is 1. The molecule has 0 unspecified atom stereocenters. The van der Waals surface area contributed by atoms with Crippen LogP contribution >= 0.6 is 11.6 Å². The molecule has 0 aliphatic heterocycles. The lowest BCUT2D eigenvalue weighted by atomic mass is 10.0. The molecule has 2 heterocycles. The molecule has 0 saturated heterocycles. The zero-order valence-electron chi connectivity index (χ0n) is 13.8. The number of nitrogens with zero attached hydrogens (tertiary/aromatic N) is 1. The second-order valence-corrected chi connectivity index (χ2v) is 6.43. The maximum Gasteiger partial charge on any atom is 0.150 e. The van der Waals surface area contributed by atoms with Crippen molar-refractivity contribution in [2.45, 2.75) is 40.2 Å². The Kier molecular flexibility index (Phi) is 4.58. The van der Waals surface area contributed by atoms with Crippen LogP contribution in [0.5, 0.6) is 0 Å². The topological polar surface area (TPSA) is 40.7 Å². The van der Waals surface area contributed by atoms with Crippen LogP contribution in [0.25, 0.3) is 10.9 Å². The van der Waals surface area contributed by atoms with Crippen molar-refractivity contribution in [2.75, 3.05) is 5.32 Å². The van der Waals surface area contributed by atoms with Gasteiger partial charge < -0.3 is 10.3 Å². The van der Waals surface area contributed by atoms with Gasteiger partial charge in [-0.25, -0.2) is 4.98 Å². The van der Waals surface area contributed by atoms with Crippen LogP contribution < -0.4 is 5.32 Å². The molecule has 3 nitrogen and oxygen atoms in total. The Morgan fingerprint density at radius 1 is 1.26 bits per heavy atom. The van der Waals surface area contributed by atoms with Crippen LogP contribution in [-0.4, -0.2) is 9.97 Å². The zero-order valence-corrected chi connectivity index (χ0v) is 14.6. The summed E-state index contributed by atoms with van der Waals surface area (Å²) in [6, 6.07) is 7.89. The third-order valence-corrected chi connectivity index (χ3v) is 4.51. The Morgan fingerprint density at radius 3 is 2.83 bits per heavy atom. The highest BCUT2D eigenvalue weighted by atomic mass is 35.5. The standard InChI is InChI=1S/C19H22ClN3/c1-4-6-15-11-22-19(18-17(15)12(2)13(3)23-18)21-10-14-7-5-8-16(20)9-14/h5,7-9,11,23H,4,6,10H2,1-3H3,(H,21,22). The van der Waals surface area contributed by atoms with Gasteiger partial charge in [0.2, 0.25) is 0 Å². The monoisotopic (exact) mass is 327 g/mol. The largest absolute Gasteiger partial charge is 0.364 e. The highest BCUT2D eigenvalue weighted by molar-refractivity contribution is 6.30. The quantitative estimate of drug-likeness (QED) is 0.659. The summed E-state index contributed by atoms with van der Waals surface area (Å²) >= 11 is 6.05. The van der Waals surface area contributed by atoms with Crippen molar-refractivity contribution < 1.29 is 0 Å². The van der Waals surface area contributed by atoms with E-state index in [4.69, 9.17) is 11.6 Å². The average molecular weight is 328 g/mol. The number of hydrogen-bond donors (Lipinski definition) is 2. The number of halogens is 1. The Morgan fingerprint density at radius 2 is 2.09 bits per heavy atom. The molecule has 0 aliphatic carbocycles. The van der Waals surface area contributed by atoms with Crippen LogP contribution in [0.3, 0.4) is 0 Å². The number of aromatic amines is 1. The molecule has 0 amide bonds. The second-order valence-electron chi connectivity index (χ2n) is 5.99. The molecule has 120 valence electrons. The van der Waals surface area contributed by atoms with Gasteiger partial charge >= 0.3 is 0 Å². The number of pyridine rings is 1. The number of aryl methyl sites for hydroxylation is 3. The highest BCUT2D eigenvalue weighted by Gasteiger charge is 2.13. The lowest BCUT2D eigenvalue weighted by Crippen LogP contribution is -2.03. The Labute approximate surface area is 142 Å². The van der Waals surface area contributed by atoms with E-state index < -0.39 is 0 Å². The van der Waals surface area contributed by atoms with Crippen LogP contribution in [0, 0.1) is 13.8 Å². The molecule has 0 spiro atoms. The van der Waals surface area contributed by atoms with Gasteiger partial charge in [-0.15, -0.1) is 0 Å². The third kappa shape index (κ3) is 3.20. The van der Waals surface area contributed by atoms with E-state index in [-0.39, 0.29) is 0 Å². The average Bonchev–Trinajstić information content (AvgIpc) is 2.83. The van der Waals surface area contributed by atoms with E-state index in [1.807, 2.05) is 24.4 Å². The number of H-pyrrole nitrogens is 1. The molecule has 23 heavy (non-hydrogen) atoms. The Bertz CT molecular complexity index is 836. The molecular formula is C19H22ClN3. The minimum absolute atomic E-state index is 0.701. The molecule has 3 rings (SSSR count). The number of nitrogens with one attached hydrogen (secondary N) is 2. The van der Waals surface area contributed by atoms with Crippen LogP contribution in [0.1, 0.15) is 35.7 Å². The van der Waals surface area contributed by atoms with Crippen molar-refractivity contribution in [3.8, 4) is 0 Å². The van der Waals surface area contributed by atoms with Crippen LogP contribution in [0.2, 0.25) is 5.02 Å². The van der Waals surface area contributed by atoms with E-state index in [1.54, 1.807) is 0 Å². The molecule has 2 aromatic heterocycles. The molecule has 0 saturated carbocycles. The third-order valence-electron chi connectivity index (χ3n) is 4.28. The maximum absolute atomic E-state index is 6.05. The van der Waals surface area contributed by atoms with Crippen molar-refractivity contribution in [1.82, 2.24) is 9.97 Å². The van der Waals surface area contributed by atoms with Gasteiger partial charge in [-0.05, 0) is 49.1 Å². The van der Waals surface area contributed by atoms with Crippen molar-refractivity contribution in [2.24, 2.45) is 0 Å². The van der Waals surface area contributed by atoms with Gasteiger partial charge in [0.25, 0.3) is 0 Å². The van der Waals surface area contributed by atoms with Crippen LogP contribution in [0.4, 0.5) is 5.82 Å². The van der Waals surface area contributed by atoms with Crippen LogP contribution in [0.15, 0.2) is 30.5 Å². The summed E-state index contributed by atoms with van der Waals surface area (Å²) in [4.78, 5) is 8.13. The molecule has 0 atom stereocenters. The lowest BCUT2D eigenvalue weighted by Gasteiger charge is -2.10. The number of rotatable bonds is 5. The van der Waals surface area contributed by atoms with Gasteiger partial charge in [0.05, 0.1) is 5.52 Å². The second kappa shape index (κ2) is 6.63. The van der Waals surface area contributed by atoms with Gasteiger partial charge in [0.1, 0.15) is 0 Å². The van der Waals surface area contributed by atoms with Crippen molar-refractivity contribution >= 4 is 28.3 Å². The fourth-order valence-corrected chi connectivity index (χ4v) is 3.21.